The van der Waals surface area contributed by atoms with E-state index >= 15 is 0 Å². The van der Waals surface area contributed by atoms with Gasteiger partial charge in [-0.3, -0.25) is 4.79 Å². The highest BCUT2D eigenvalue weighted by atomic mass is 16.1. The molecule has 0 spiro atoms. The highest BCUT2D eigenvalue weighted by molar-refractivity contribution is 5.99. The van der Waals surface area contributed by atoms with Crippen molar-refractivity contribution in [2.75, 3.05) is 0 Å². The summed E-state index contributed by atoms with van der Waals surface area (Å²) in [7, 11) is 0. The minimum atomic E-state index is -0.611. The molecular weight excluding hydrogens is 154 g/mol. The summed E-state index contributed by atoms with van der Waals surface area (Å²) >= 11 is 0. The molecular formula is C9H13NO2. The Morgan fingerprint density at radius 2 is 2.00 bits per heavy atom. The van der Waals surface area contributed by atoms with Crippen molar-refractivity contribution in [1.82, 2.24) is 0 Å². The molecule has 0 amide bonds. The summed E-state index contributed by atoms with van der Waals surface area (Å²) in [6.07, 6.45) is 1.40. The molecule has 0 aromatic carbocycles. The van der Waals surface area contributed by atoms with Gasteiger partial charge in [-0.1, -0.05) is 20.4 Å². The highest BCUT2D eigenvalue weighted by Crippen LogP contribution is 2.10. The summed E-state index contributed by atoms with van der Waals surface area (Å²) in [5.74, 6) is -0.177. The molecule has 3 heteroatoms. The zero-order chi connectivity index (χ0) is 9.72. The lowest BCUT2D eigenvalue weighted by atomic mass is 9.97. The van der Waals surface area contributed by atoms with Crippen LogP contribution in [0.25, 0.3) is 0 Å². The summed E-state index contributed by atoms with van der Waals surface area (Å²) in [5.41, 5.74) is 0.424. The molecule has 0 aliphatic carbocycles. The van der Waals surface area contributed by atoms with Crippen molar-refractivity contribution < 1.29 is 9.59 Å². The quantitative estimate of drug-likeness (QED) is 0.362. The fourth-order valence-corrected chi connectivity index (χ4v) is 0.820. The SMILES string of the molecule is C=C(C)C(=O)C(N=C=O)C(C)C. The summed E-state index contributed by atoms with van der Waals surface area (Å²) in [6, 6.07) is -0.611. The predicted octanol–water partition coefficient (Wildman–Crippen LogP) is 1.49. The Balaban J connectivity index is 4.62. The van der Waals surface area contributed by atoms with E-state index in [2.05, 4.69) is 11.6 Å². The van der Waals surface area contributed by atoms with Crippen molar-refractivity contribution in [2.24, 2.45) is 10.9 Å². The van der Waals surface area contributed by atoms with Gasteiger partial charge >= 0.3 is 0 Å². The van der Waals surface area contributed by atoms with Crippen LogP contribution in [0.4, 0.5) is 0 Å². The van der Waals surface area contributed by atoms with E-state index in [9.17, 15) is 9.59 Å². The van der Waals surface area contributed by atoms with Gasteiger partial charge in [0, 0.05) is 0 Å². The molecule has 0 heterocycles. The molecule has 0 aromatic heterocycles. The zero-order valence-corrected chi connectivity index (χ0v) is 7.63. The van der Waals surface area contributed by atoms with Crippen LogP contribution in [0.2, 0.25) is 0 Å². The van der Waals surface area contributed by atoms with Crippen molar-refractivity contribution in [1.29, 1.82) is 0 Å². The largest absolute Gasteiger partial charge is 0.292 e. The number of rotatable bonds is 4. The highest BCUT2D eigenvalue weighted by Gasteiger charge is 2.21. The van der Waals surface area contributed by atoms with Crippen LogP contribution in [0.3, 0.4) is 0 Å². The predicted molar refractivity (Wildman–Crippen MR) is 46.6 cm³/mol. The standard InChI is InChI=1S/C9H13NO2/c1-6(2)8(10-5-11)9(12)7(3)4/h6,8H,3H2,1-2,4H3. The number of hydrogen-bond donors (Lipinski definition) is 0. The molecule has 66 valence electrons. The van der Waals surface area contributed by atoms with Gasteiger partial charge in [-0.05, 0) is 18.4 Å². The van der Waals surface area contributed by atoms with Crippen LogP contribution >= 0.6 is 0 Å². The molecule has 0 aliphatic heterocycles. The zero-order valence-electron chi connectivity index (χ0n) is 7.63. The smallest absolute Gasteiger partial charge is 0.235 e. The number of isocyanates is 1. The van der Waals surface area contributed by atoms with Gasteiger partial charge in [-0.15, -0.1) is 0 Å². The minimum Gasteiger partial charge on any atom is -0.292 e. The maximum absolute atomic E-state index is 11.3. The number of ketones is 1. The maximum atomic E-state index is 11.3. The third-order valence-corrected chi connectivity index (χ3v) is 1.51. The first-order valence-electron chi connectivity index (χ1n) is 3.77. The monoisotopic (exact) mass is 167 g/mol. The normalized spacial score (nSPS) is 12.0. The first-order valence-corrected chi connectivity index (χ1v) is 3.77. The van der Waals surface area contributed by atoms with Crippen LogP contribution < -0.4 is 0 Å². The van der Waals surface area contributed by atoms with Crippen LogP contribution in [0, 0.1) is 5.92 Å². The molecule has 12 heavy (non-hydrogen) atoms. The molecule has 0 N–H and O–H groups in total. The van der Waals surface area contributed by atoms with Crippen LogP contribution in [0.5, 0.6) is 0 Å². The Hall–Kier alpha value is -1.21. The van der Waals surface area contributed by atoms with Gasteiger partial charge < -0.3 is 0 Å². The molecule has 0 saturated heterocycles. The molecule has 0 radical (unpaired) electrons. The van der Waals surface area contributed by atoms with Crippen molar-refractivity contribution in [3.63, 3.8) is 0 Å². The van der Waals surface area contributed by atoms with Gasteiger partial charge in [0.05, 0.1) is 0 Å². The topological polar surface area (TPSA) is 46.5 Å². The van der Waals surface area contributed by atoms with E-state index in [0.717, 1.165) is 0 Å². The van der Waals surface area contributed by atoms with E-state index < -0.39 is 6.04 Å². The first kappa shape index (κ1) is 10.8. The summed E-state index contributed by atoms with van der Waals surface area (Å²) in [6.45, 7) is 8.76. The summed E-state index contributed by atoms with van der Waals surface area (Å²) in [4.78, 5) is 24.7. The van der Waals surface area contributed by atoms with Gasteiger partial charge in [-0.2, -0.15) is 4.99 Å². The van der Waals surface area contributed by atoms with Crippen LogP contribution in [0.15, 0.2) is 17.1 Å². The van der Waals surface area contributed by atoms with E-state index in [4.69, 9.17) is 0 Å². The summed E-state index contributed by atoms with van der Waals surface area (Å²) in [5, 5.41) is 0. The van der Waals surface area contributed by atoms with Gasteiger partial charge in [0.1, 0.15) is 6.04 Å². The fourth-order valence-electron chi connectivity index (χ4n) is 0.820. The minimum absolute atomic E-state index is 0.00986. The number of nitrogens with zero attached hydrogens (tertiary/aromatic N) is 1. The fraction of sp³-hybridized carbons (Fsp3) is 0.556. The van der Waals surface area contributed by atoms with Crippen molar-refractivity contribution in [2.45, 2.75) is 26.8 Å². The number of carbonyl (C=O) groups is 1. The van der Waals surface area contributed by atoms with E-state index in [-0.39, 0.29) is 11.7 Å². The van der Waals surface area contributed by atoms with E-state index in [1.165, 1.54) is 6.08 Å². The Morgan fingerprint density at radius 1 is 1.50 bits per heavy atom. The number of hydrogen-bond acceptors (Lipinski definition) is 3. The van der Waals surface area contributed by atoms with Crippen LogP contribution in [-0.4, -0.2) is 17.9 Å². The number of carbonyl (C=O) groups excluding carboxylic acids is 2. The Kier molecular flexibility index (Phi) is 4.16. The van der Waals surface area contributed by atoms with Crippen LogP contribution in [0.1, 0.15) is 20.8 Å². The average molecular weight is 167 g/mol. The maximum Gasteiger partial charge on any atom is 0.235 e. The lowest BCUT2D eigenvalue weighted by Crippen LogP contribution is -2.24. The second-order valence-corrected chi connectivity index (χ2v) is 3.05. The third kappa shape index (κ3) is 2.81. The van der Waals surface area contributed by atoms with E-state index in [1.54, 1.807) is 6.92 Å². The third-order valence-electron chi connectivity index (χ3n) is 1.51. The molecule has 0 fully saturated rings. The molecule has 0 saturated carbocycles. The average Bonchev–Trinajstić information content (AvgIpc) is 1.98. The Labute approximate surface area is 72.2 Å². The Morgan fingerprint density at radius 3 is 2.25 bits per heavy atom. The molecule has 1 unspecified atom stereocenters. The van der Waals surface area contributed by atoms with Gasteiger partial charge in [-0.25, -0.2) is 4.79 Å². The second-order valence-electron chi connectivity index (χ2n) is 3.05. The second kappa shape index (κ2) is 4.62. The molecule has 1 atom stereocenters. The number of aliphatic imine (C=N–C) groups is 1. The lowest BCUT2D eigenvalue weighted by molar-refractivity contribution is -0.117. The van der Waals surface area contributed by atoms with E-state index in [1.807, 2.05) is 13.8 Å². The van der Waals surface area contributed by atoms with Crippen molar-refractivity contribution in [3.8, 4) is 0 Å². The van der Waals surface area contributed by atoms with E-state index in [0.29, 0.717) is 5.57 Å². The van der Waals surface area contributed by atoms with Gasteiger partial charge in [0.2, 0.25) is 6.08 Å². The Bertz CT molecular complexity index is 237. The molecule has 0 bridgehead atoms. The van der Waals surface area contributed by atoms with Gasteiger partial charge in [0.25, 0.3) is 0 Å². The first-order chi connectivity index (χ1) is 5.50. The molecule has 0 aliphatic rings. The van der Waals surface area contributed by atoms with Crippen LogP contribution in [-0.2, 0) is 9.59 Å². The van der Waals surface area contributed by atoms with Crippen molar-refractivity contribution >= 4 is 11.9 Å². The van der Waals surface area contributed by atoms with Crippen molar-refractivity contribution in [3.05, 3.63) is 12.2 Å². The van der Waals surface area contributed by atoms with Gasteiger partial charge in [0.15, 0.2) is 5.78 Å². The molecule has 3 nitrogen and oxygen atoms in total. The lowest BCUT2D eigenvalue weighted by Gasteiger charge is -2.12. The molecule has 0 aromatic rings. The summed E-state index contributed by atoms with van der Waals surface area (Å²) < 4.78 is 0. The molecule has 0 rings (SSSR count). The number of Topliss-reactive ketones (excluding diaryl/α,β-unsaturated/α-hetero) is 1.